The van der Waals surface area contributed by atoms with Crippen LogP contribution in [0.3, 0.4) is 0 Å². The number of Topliss-reactive ketones (excluding diaryl/α,β-unsaturated/α-hetero) is 1. The van der Waals surface area contributed by atoms with Crippen LogP contribution in [0.25, 0.3) is 0 Å². The zero-order valence-electron chi connectivity index (χ0n) is 15.7. The third-order valence-electron chi connectivity index (χ3n) is 4.25. The van der Waals surface area contributed by atoms with E-state index < -0.39 is 11.9 Å². The lowest BCUT2D eigenvalue weighted by Gasteiger charge is -2.24. The molecule has 0 heterocycles. The van der Waals surface area contributed by atoms with Gasteiger partial charge in [-0.05, 0) is 33.6 Å². The van der Waals surface area contributed by atoms with E-state index in [2.05, 4.69) is 0 Å². The molecular weight excluding hydrogens is 328 g/mol. The zero-order chi connectivity index (χ0) is 19.0. The van der Waals surface area contributed by atoms with E-state index in [0.717, 1.165) is 18.4 Å². The summed E-state index contributed by atoms with van der Waals surface area (Å²) in [5.41, 5.74) is 0.528. The van der Waals surface area contributed by atoms with E-state index in [1.807, 2.05) is 55.5 Å². The molecule has 2 unspecified atom stereocenters. The van der Waals surface area contributed by atoms with Gasteiger partial charge in [-0.1, -0.05) is 60.7 Å². The first-order valence-corrected chi connectivity index (χ1v) is 9.02. The molecule has 0 saturated carbocycles. The molecule has 0 spiro atoms. The van der Waals surface area contributed by atoms with E-state index in [9.17, 15) is 9.90 Å². The highest BCUT2D eigenvalue weighted by Crippen LogP contribution is 2.20. The summed E-state index contributed by atoms with van der Waals surface area (Å²) >= 11 is 0. The smallest absolute Gasteiger partial charge is 0.194 e. The van der Waals surface area contributed by atoms with E-state index in [1.54, 1.807) is 26.0 Å². The van der Waals surface area contributed by atoms with Crippen molar-refractivity contribution in [2.75, 3.05) is 6.61 Å². The molecule has 0 fully saturated rings. The van der Waals surface area contributed by atoms with Crippen molar-refractivity contribution in [3.05, 3.63) is 71.8 Å². The Morgan fingerprint density at radius 3 is 2.23 bits per heavy atom. The Labute approximate surface area is 155 Å². The van der Waals surface area contributed by atoms with Crippen molar-refractivity contribution in [2.24, 2.45) is 0 Å². The highest BCUT2D eigenvalue weighted by Gasteiger charge is 2.29. The number of benzene rings is 2. The number of ether oxygens (including phenoxy) is 2. The summed E-state index contributed by atoms with van der Waals surface area (Å²) in [6.07, 6.45) is 0.443. The average Bonchev–Trinajstić information content (AvgIpc) is 2.66. The lowest BCUT2D eigenvalue weighted by molar-refractivity contribution is -0.137. The van der Waals surface area contributed by atoms with Gasteiger partial charge in [-0.2, -0.15) is 0 Å². The van der Waals surface area contributed by atoms with Gasteiger partial charge >= 0.3 is 0 Å². The van der Waals surface area contributed by atoms with Crippen LogP contribution in [0.15, 0.2) is 60.7 Å². The lowest BCUT2D eigenvalue weighted by atomic mass is 9.96. The molecule has 2 atom stereocenters. The molecule has 0 aliphatic rings. The first kappa shape index (κ1) is 20.3. The first-order valence-electron chi connectivity index (χ1n) is 9.02. The maximum atomic E-state index is 12.5. The fourth-order valence-corrected chi connectivity index (χ4v) is 2.69. The summed E-state index contributed by atoms with van der Waals surface area (Å²) in [6.45, 7) is 5.97. The van der Waals surface area contributed by atoms with Gasteiger partial charge in [0.1, 0.15) is 5.60 Å². The number of carbonyl (C=O) groups is 1. The van der Waals surface area contributed by atoms with E-state index >= 15 is 0 Å². The molecule has 0 aliphatic carbocycles. The van der Waals surface area contributed by atoms with Gasteiger partial charge in [-0.3, -0.25) is 4.79 Å². The summed E-state index contributed by atoms with van der Waals surface area (Å²) < 4.78 is 11.4. The van der Waals surface area contributed by atoms with Crippen LogP contribution in [0, 0.1) is 0 Å². The molecule has 2 aromatic rings. The molecule has 140 valence electrons. The van der Waals surface area contributed by atoms with Crippen molar-refractivity contribution >= 4 is 5.78 Å². The third kappa shape index (κ3) is 6.06. The zero-order valence-corrected chi connectivity index (χ0v) is 15.7. The van der Waals surface area contributed by atoms with Gasteiger partial charge in [0, 0.05) is 17.7 Å². The Morgan fingerprint density at radius 1 is 1.04 bits per heavy atom. The van der Waals surface area contributed by atoms with Gasteiger partial charge in [0.25, 0.3) is 0 Å². The molecule has 0 amide bonds. The lowest BCUT2D eigenvalue weighted by Crippen LogP contribution is -2.35. The molecule has 1 N–H and O–H groups in total. The van der Waals surface area contributed by atoms with Crippen molar-refractivity contribution in [1.29, 1.82) is 0 Å². The van der Waals surface area contributed by atoms with Gasteiger partial charge in [0.05, 0.1) is 6.10 Å². The van der Waals surface area contributed by atoms with Crippen LogP contribution in [0.2, 0.25) is 0 Å². The predicted octanol–water partition coefficient (Wildman–Crippen LogP) is 4.54. The number of aliphatic hydroxyl groups is 1. The highest BCUT2D eigenvalue weighted by molar-refractivity contribution is 6.01. The van der Waals surface area contributed by atoms with E-state index in [-0.39, 0.29) is 11.9 Å². The summed E-state index contributed by atoms with van der Waals surface area (Å²) in [4.78, 5) is 12.5. The number of hydrogen-bond donors (Lipinski definition) is 1. The number of aliphatic hydroxyl groups excluding tert-OH is 1. The van der Waals surface area contributed by atoms with Crippen molar-refractivity contribution in [2.45, 2.75) is 51.6 Å². The summed E-state index contributed by atoms with van der Waals surface area (Å²) in [7, 11) is 0. The second-order valence-corrected chi connectivity index (χ2v) is 6.91. The van der Waals surface area contributed by atoms with E-state index in [4.69, 9.17) is 9.47 Å². The Morgan fingerprint density at radius 2 is 1.62 bits per heavy atom. The number of ketones is 1. The SMILES string of the molecule is CC(CCCOC(C)(C)C(=O)c1ccccc1)OC(O)c1ccccc1. The average molecular weight is 356 g/mol. The summed E-state index contributed by atoms with van der Waals surface area (Å²) in [6, 6.07) is 18.5. The fourth-order valence-electron chi connectivity index (χ4n) is 2.69. The van der Waals surface area contributed by atoms with Crippen LogP contribution in [0.1, 0.15) is 55.8 Å². The van der Waals surface area contributed by atoms with Crippen molar-refractivity contribution in [1.82, 2.24) is 0 Å². The number of hydrogen-bond acceptors (Lipinski definition) is 4. The van der Waals surface area contributed by atoms with Gasteiger partial charge < -0.3 is 14.6 Å². The minimum Gasteiger partial charge on any atom is -0.367 e. The van der Waals surface area contributed by atoms with Crippen molar-refractivity contribution < 1.29 is 19.4 Å². The third-order valence-corrected chi connectivity index (χ3v) is 4.25. The molecule has 2 rings (SSSR count). The predicted molar refractivity (Wildman–Crippen MR) is 102 cm³/mol. The Balaban J connectivity index is 1.73. The molecule has 4 heteroatoms. The number of carbonyl (C=O) groups excluding carboxylic acids is 1. The van der Waals surface area contributed by atoms with E-state index in [1.165, 1.54) is 0 Å². The topological polar surface area (TPSA) is 55.8 Å². The Bertz CT molecular complexity index is 667. The largest absolute Gasteiger partial charge is 0.367 e. The molecule has 0 saturated heterocycles. The van der Waals surface area contributed by atoms with Crippen LogP contribution in [0.5, 0.6) is 0 Å². The summed E-state index contributed by atoms with van der Waals surface area (Å²) in [5.74, 6) is -0.0260. The van der Waals surface area contributed by atoms with E-state index in [0.29, 0.717) is 12.2 Å². The van der Waals surface area contributed by atoms with Crippen molar-refractivity contribution in [3.63, 3.8) is 0 Å². The molecule has 0 bridgehead atoms. The van der Waals surface area contributed by atoms with Crippen molar-refractivity contribution in [3.8, 4) is 0 Å². The molecule has 4 nitrogen and oxygen atoms in total. The van der Waals surface area contributed by atoms with Gasteiger partial charge in [-0.15, -0.1) is 0 Å². The van der Waals surface area contributed by atoms with Gasteiger partial charge in [0.2, 0.25) is 0 Å². The number of rotatable bonds is 10. The maximum absolute atomic E-state index is 12.5. The van der Waals surface area contributed by atoms with Gasteiger partial charge in [-0.25, -0.2) is 0 Å². The first-order chi connectivity index (χ1) is 12.4. The van der Waals surface area contributed by atoms with Crippen LogP contribution >= 0.6 is 0 Å². The van der Waals surface area contributed by atoms with Crippen LogP contribution < -0.4 is 0 Å². The standard InChI is InChI=1S/C22H28O4/c1-17(26-21(24)19-14-8-5-9-15-19)11-10-16-25-22(2,3)20(23)18-12-6-4-7-13-18/h4-9,12-15,17,21,24H,10-11,16H2,1-3H3. The monoisotopic (exact) mass is 356 g/mol. The molecule has 0 aliphatic heterocycles. The molecule has 0 radical (unpaired) electrons. The minimum absolute atomic E-state index is 0.0260. The second kappa shape index (κ2) is 9.62. The fraction of sp³-hybridized carbons (Fsp3) is 0.409. The molecular formula is C22H28O4. The van der Waals surface area contributed by atoms with Crippen LogP contribution in [-0.2, 0) is 9.47 Å². The maximum Gasteiger partial charge on any atom is 0.194 e. The molecule has 0 aromatic heterocycles. The minimum atomic E-state index is -0.928. The summed E-state index contributed by atoms with van der Waals surface area (Å²) in [5, 5.41) is 10.1. The molecule has 2 aromatic carbocycles. The quantitative estimate of drug-likeness (QED) is 0.386. The molecule has 26 heavy (non-hydrogen) atoms. The Kier molecular flexibility index (Phi) is 7.51. The van der Waals surface area contributed by atoms with Crippen LogP contribution in [0.4, 0.5) is 0 Å². The van der Waals surface area contributed by atoms with Crippen LogP contribution in [-0.4, -0.2) is 29.2 Å². The second-order valence-electron chi connectivity index (χ2n) is 6.91. The highest BCUT2D eigenvalue weighted by atomic mass is 16.6. The van der Waals surface area contributed by atoms with Gasteiger partial charge in [0.15, 0.2) is 12.1 Å². The normalized spacial score (nSPS) is 14.0. The Hall–Kier alpha value is -2.01.